The molecule has 0 aromatic heterocycles. The quantitative estimate of drug-likeness (QED) is 0.773. The summed E-state index contributed by atoms with van der Waals surface area (Å²) in [5, 5.41) is 10.4. The van der Waals surface area contributed by atoms with Crippen LogP contribution in [0.3, 0.4) is 0 Å². The van der Waals surface area contributed by atoms with Crippen molar-refractivity contribution in [2.24, 2.45) is 0 Å². The van der Waals surface area contributed by atoms with Crippen LogP contribution in [0.1, 0.15) is 22.0 Å². The second-order valence-corrected chi connectivity index (χ2v) is 6.65. The second-order valence-electron chi connectivity index (χ2n) is 6.65. The van der Waals surface area contributed by atoms with Crippen LogP contribution >= 0.6 is 0 Å². The largest absolute Gasteiger partial charge is 0.497 e. The van der Waals surface area contributed by atoms with Crippen molar-refractivity contribution in [1.82, 2.24) is 9.80 Å². The van der Waals surface area contributed by atoms with Gasteiger partial charge in [-0.15, -0.1) is 0 Å². The fourth-order valence-electron chi connectivity index (χ4n) is 3.23. The normalized spacial score (nSPS) is 17.0. The molecular formula is C21H26N2O3. The molecule has 1 fully saturated rings. The van der Waals surface area contributed by atoms with Crippen molar-refractivity contribution >= 4 is 5.78 Å². The van der Waals surface area contributed by atoms with Gasteiger partial charge in [0.2, 0.25) is 0 Å². The number of hydrogen-bond donors (Lipinski definition) is 1. The molecule has 2 aromatic carbocycles. The van der Waals surface area contributed by atoms with Crippen molar-refractivity contribution in [1.29, 1.82) is 0 Å². The number of ketones is 1. The van der Waals surface area contributed by atoms with E-state index < -0.39 is 6.10 Å². The van der Waals surface area contributed by atoms with E-state index in [0.717, 1.165) is 37.5 Å². The molecule has 0 spiro atoms. The number of β-amino-alcohol motifs (C(OH)–C–C–N with tert-alkyl or cyclic N) is 1. The first kappa shape index (κ1) is 18.6. The van der Waals surface area contributed by atoms with Gasteiger partial charge >= 0.3 is 0 Å². The summed E-state index contributed by atoms with van der Waals surface area (Å²) in [5.41, 5.74) is 1.66. The lowest BCUT2D eigenvalue weighted by Crippen LogP contribution is -2.48. The van der Waals surface area contributed by atoms with Crippen LogP contribution in [-0.4, -0.2) is 67.1 Å². The Morgan fingerprint density at radius 3 is 2.23 bits per heavy atom. The predicted molar refractivity (Wildman–Crippen MR) is 102 cm³/mol. The van der Waals surface area contributed by atoms with Crippen LogP contribution in [0.25, 0.3) is 0 Å². The lowest BCUT2D eigenvalue weighted by molar-refractivity contribution is 0.0663. The molecule has 26 heavy (non-hydrogen) atoms. The number of piperazine rings is 1. The first-order chi connectivity index (χ1) is 12.7. The molecule has 1 saturated heterocycles. The number of methoxy groups -OCH3 is 1. The molecule has 1 aliphatic heterocycles. The zero-order valence-electron chi connectivity index (χ0n) is 15.2. The highest BCUT2D eigenvalue weighted by Gasteiger charge is 2.21. The van der Waals surface area contributed by atoms with Crippen molar-refractivity contribution in [3.63, 3.8) is 0 Å². The molecule has 5 nitrogen and oxygen atoms in total. The minimum Gasteiger partial charge on any atom is -0.497 e. The van der Waals surface area contributed by atoms with Crippen LogP contribution in [0.2, 0.25) is 0 Å². The van der Waals surface area contributed by atoms with Gasteiger partial charge in [0, 0.05) is 38.3 Å². The van der Waals surface area contributed by atoms with Gasteiger partial charge in [0.25, 0.3) is 0 Å². The Balaban J connectivity index is 1.45. The summed E-state index contributed by atoms with van der Waals surface area (Å²) in [6, 6.07) is 17.0. The Bertz CT molecular complexity index is 695. The molecule has 0 aliphatic carbocycles. The molecule has 1 heterocycles. The van der Waals surface area contributed by atoms with Crippen molar-refractivity contribution in [3.05, 3.63) is 65.7 Å². The maximum absolute atomic E-state index is 12.4. The fraction of sp³-hybridized carbons (Fsp3) is 0.381. The molecule has 1 unspecified atom stereocenters. The summed E-state index contributed by atoms with van der Waals surface area (Å²) in [7, 11) is 1.62. The number of rotatable bonds is 7. The average Bonchev–Trinajstić information content (AvgIpc) is 2.70. The molecule has 2 aromatic rings. The highest BCUT2D eigenvalue weighted by atomic mass is 16.5. The van der Waals surface area contributed by atoms with Gasteiger partial charge in [0.05, 0.1) is 19.8 Å². The van der Waals surface area contributed by atoms with Gasteiger partial charge in [-0.1, -0.05) is 30.3 Å². The molecule has 1 atom stereocenters. The maximum Gasteiger partial charge on any atom is 0.176 e. The Morgan fingerprint density at radius 1 is 1.00 bits per heavy atom. The summed E-state index contributed by atoms with van der Waals surface area (Å²) < 4.78 is 5.13. The summed E-state index contributed by atoms with van der Waals surface area (Å²) in [6.45, 7) is 4.46. The standard InChI is InChI=1S/C21H26N2O3/c1-26-19-9-7-18(8-10-19)21(25)16-23-13-11-22(12-14-23)15-20(24)17-5-3-2-4-6-17/h2-10,20,24H,11-16H2,1H3. The van der Waals surface area contributed by atoms with Gasteiger partial charge in [-0.25, -0.2) is 0 Å². The summed E-state index contributed by atoms with van der Waals surface area (Å²) in [6.07, 6.45) is -0.469. The van der Waals surface area contributed by atoms with E-state index in [4.69, 9.17) is 4.74 Å². The van der Waals surface area contributed by atoms with E-state index in [2.05, 4.69) is 9.80 Å². The zero-order valence-corrected chi connectivity index (χ0v) is 15.2. The summed E-state index contributed by atoms with van der Waals surface area (Å²) in [5.74, 6) is 0.887. The fourth-order valence-corrected chi connectivity index (χ4v) is 3.23. The van der Waals surface area contributed by atoms with Crippen molar-refractivity contribution in [2.75, 3.05) is 46.4 Å². The maximum atomic E-state index is 12.4. The highest BCUT2D eigenvalue weighted by Crippen LogP contribution is 2.16. The molecule has 0 radical (unpaired) electrons. The van der Waals surface area contributed by atoms with E-state index in [0.29, 0.717) is 18.7 Å². The van der Waals surface area contributed by atoms with Crippen molar-refractivity contribution in [2.45, 2.75) is 6.10 Å². The first-order valence-corrected chi connectivity index (χ1v) is 9.00. The van der Waals surface area contributed by atoms with Crippen LogP contribution in [0.4, 0.5) is 0 Å². The molecule has 5 heteroatoms. The van der Waals surface area contributed by atoms with E-state index >= 15 is 0 Å². The van der Waals surface area contributed by atoms with Crippen molar-refractivity contribution in [3.8, 4) is 5.75 Å². The molecule has 0 saturated carbocycles. The van der Waals surface area contributed by atoms with Crippen molar-refractivity contribution < 1.29 is 14.6 Å². The number of carbonyl (C=O) groups is 1. The van der Waals surface area contributed by atoms with Gasteiger partial charge < -0.3 is 9.84 Å². The van der Waals surface area contributed by atoms with Gasteiger partial charge in [-0.2, -0.15) is 0 Å². The van der Waals surface area contributed by atoms with Gasteiger partial charge in [0.15, 0.2) is 5.78 Å². The number of aliphatic hydroxyl groups is 1. The van der Waals surface area contributed by atoms with Gasteiger partial charge in [-0.05, 0) is 29.8 Å². The molecule has 1 N–H and O–H groups in total. The van der Waals surface area contributed by atoms with Crippen LogP contribution in [0.5, 0.6) is 5.75 Å². The Hall–Kier alpha value is -2.21. The lowest BCUT2D eigenvalue weighted by atomic mass is 10.1. The van der Waals surface area contributed by atoms with E-state index in [9.17, 15) is 9.90 Å². The van der Waals surface area contributed by atoms with E-state index in [1.807, 2.05) is 54.6 Å². The minimum atomic E-state index is -0.469. The van der Waals surface area contributed by atoms with Gasteiger partial charge in [0.1, 0.15) is 5.75 Å². The Labute approximate surface area is 154 Å². The molecule has 0 amide bonds. The molecular weight excluding hydrogens is 328 g/mol. The minimum absolute atomic E-state index is 0.130. The van der Waals surface area contributed by atoms with Crippen LogP contribution in [0, 0.1) is 0 Å². The average molecular weight is 354 g/mol. The zero-order chi connectivity index (χ0) is 18.4. The third-order valence-corrected chi connectivity index (χ3v) is 4.86. The number of carbonyl (C=O) groups excluding carboxylic acids is 1. The molecule has 138 valence electrons. The number of hydrogen-bond acceptors (Lipinski definition) is 5. The van der Waals surface area contributed by atoms with E-state index in [1.165, 1.54) is 0 Å². The smallest absolute Gasteiger partial charge is 0.176 e. The third-order valence-electron chi connectivity index (χ3n) is 4.86. The summed E-state index contributed by atoms with van der Waals surface area (Å²) in [4.78, 5) is 16.9. The number of Topliss-reactive ketones (excluding diaryl/α,β-unsaturated/α-hetero) is 1. The third kappa shape index (κ3) is 4.91. The predicted octanol–water partition coefficient (Wildman–Crippen LogP) is 2.23. The van der Waals surface area contributed by atoms with Gasteiger partial charge in [-0.3, -0.25) is 14.6 Å². The topological polar surface area (TPSA) is 53.0 Å². The number of benzene rings is 2. The number of nitrogens with zero attached hydrogens (tertiary/aromatic N) is 2. The van der Waals surface area contributed by atoms with Crippen LogP contribution in [0.15, 0.2) is 54.6 Å². The Morgan fingerprint density at radius 2 is 1.62 bits per heavy atom. The lowest BCUT2D eigenvalue weighted by Gasteiger charge is -2.35. The number of ether oxygens (including phenoxy) is 1. The highest BCUT2D eigenvalue weighted by molar-refractivity contribution is 5.97. The molecule has 1 aliphatic rings. The Kier molecular flexibility index (Phi) is 6.39. The monoisotopic (exact) mass is 354 g/mol. The van der Waals surface area contributed by atoms with E-state index in [1.54, 1.807) is 7.11 Å². The second kappa shape index (κ2) is 8.94. The van der Waals surface area contributed by atoms with E-state index in [-0.39, 0.29) is 5.78 Å². The SMILES string of the molecule is COc1ccc(C(=O)CN2CCN(CC(O)c3ccccc3)CC2)cc1. The van der Waals surface area contributed by atoms with Crippen LogP contribution in [-0.2, 0) is 0 Å². The van der Waals surface area contributed by atoms with Crippen LogP contribution < -0.4 is 4.74 Å². The number of aliphatic hydroxyl groups excluding tert-OH is 1. The summed E-state index contributed by atoms with van der Waals surface area (Å²) >= 11 is 0. The first-order valence-electron chi connectivity index (χ1n) is 9.00. The molecule has 3 rings (SSSR count). The molecule has 0 bridgehead atoms.